The van der Waals surface area contributed by atoms with E-state index in [2.05, 4.69) is 15.9 Å². The van der Waals surface area contributed by atoms with Gasteiger partial charge in [-0.15, -0.1) is 0 Å². The number of halogens is 1. The molecular formula is C8H9BrO2. The third kappa shape index (κ3) is 1.73. The van der Waals surface area contributed by atoms with Gasteiger partial charge in [-0.05, 0) is 30.2 Å². The number of phenols is 1. The number of aliphatic hydroxyl groups is 1. The number of aromatic hydroxyl groups is 1. The fraction of sp³-hybridized carbons (Fsp3) is 0.250. The van der Waals surface area contributed by atoms with Crippen LogP contribution in [0.25, 0.3) is 0 Å². The summed E-state index contributed by atoms with van der Waals surface area (Å²) in [6.45, 7) is 1.73. The smallest absolute Gasteiger partial charge is 0.119 e. The largest absolute Gasteiger partial charge is 0.508 e. The van der Waals surface area contributed by atoms with Gasteiger partial charge >= 0.3 is 0 Å². The van der Waals surface area contributed by atoms with Gasteiger partial charge in [-0.3, -0.25) is 0 Å². The highest BCUT2D eigenvalue weighted by molar-refractivity contribution is 9.10. The van der Waals surface area contributed by atoms with E-state index in [-0.39, 0.29) is 12.4 Å². The highest BCUT2D eigenvalue weighted by Crippen LogP contribution is 2.25. The van der Waals surface area contributed by atoms with Crippen LogP contribution in [0.4, 0.5) is 0 Å². The Morgan fingerprint density at radius 3 is 2.64 bits per heavy atom. The summed E-state index contributed by atoms with van der Waals surface area (Å²) in [6.07, 6.45) is 0. The van der Waals surface area contributed by atoms with Crippen LogP contribution in [0.3, 0.4) is 0 Å². The quantitative estimate of drug-likeness (QED) is 0.754. The van der Waals surface area contributed by atoms with Crippen molar-refractivity contribution >= 4 is 15.9 Å². The summed E-state index contributed by atoms with van der Waals surface area (Å²) in [7, 11) is 0. The molecule has 3 heteroatoms. The van der Waals surface area contributed by atoms with Gasteiger partial charge in [0.15, 0.2) is 0 Å². The lowest BCUT2D eigenvalue weighted by Crippen LogP contribution is -1.88. The lowest BCUT2D eigenvalue weighted by atomic mass is 10.1. The van der Waals surface area contributed by atoms with E-state index in [0.717, 1.165) is 15.6 Å². The van der Waals surface area contributed by atoms with E-state index in [9.17, 15) is 5.11 Å². The van der Waals surface area contributed by atoms with Gasteiger partial charge in [0.2, 0.25) is 0 Å². The summed E-state index contributed by atoms with van der Waals surface area (Å²) in [5, 5.41) is 18.1. The van der Waals surface area contributed by atoms with Crippen molar-refractivity contribution in [1.82, 2.24) is 0 Å². The zero-order valence-electron chi connectivity index (χ0n) is 6.13. The predicted octanol–water partition coefficient (Wildman–Crippen LogP) is 1.96. The average molecular weight is 217 g/mol. The van der Waals surface area contributed by atoms with Crippen LogP contribution in [0.5, 0.6) is 5.75 Å². The SMILES string of the molecule is Cc1c(O)cc(Br)cc1CO. The normalized spacial score (nSPS) is 10.1. The molecule has 1 aromatic rings. The van der Waals surface area contributed by atoms with Crippen LogP contribution in [-0.2, 0) is 6.61 Å². The summed E-state index contributed by atoms with van der Waals surface area (Å²) in [4.78, 5) is 0. The van der Waals surface area contributed by atoms with Gasteiger partial charge in [-0.2, -0.15) is 0 Å². The molecule has 0 amide bonds. The number of hydrogen-bond donors (Lipinski definition) is 2. The summed E-state index contributed by atoms with van der Waals surface area (Å²) < 4.78 is 0.782. The Morgan fingerprint density at radius 1 is 1.45 bits per heavy atom. The van der Waals surface area contributed by atoms with Crippen molar-refractivity contribution in [2.24, 2.45) is 0 Å². The second-order valence-electron chi connectivity index (χ2n) is 2.37. The summed E-state index contributed by atoms with van der Waals surface area (Å²) in [5.74, 6) is 0.212. The molecule has 0 bridgehead atoms. The van der Waals surface area contributed by atoms with E-state index in [1.807, 2.05) is 0 Å². The minimum absolute atomic E-state index is 0.0428. The highest BCUT2D eigenvalue weighted by atomic mass is 79.9. The molecule has 0 aromatic heterocycles. The summed E-state index contributed by atoms with van der Waals surface area (Å²) >= 11 is 3.22. The van der Waals surface area contributed by atoms with Crippen molar-refractivity contribution in [3.8, 4) is 5.75 Å². The Kier molecular flexibility index (Phi) is 2.52. The Labute approximate surface area is 73.6 Å². The molecule has 0 heterocycles. The maximum atomic E-state index is 9.27. The van der Waals surface area contributed by atoms with E-state index in [4.69, 9.17) is 5.11 Å². The topological polar surface area (TPSA) is 40.5 Å². The number of aliphatic hydroxyl groups excluding tert-OH is 1. The molecule has 0 saturated heterocycles. The first-order valence-electron chi connectivity index (χ1n) is 3.24. The molecule has 0 aliphatic carbocycles. The van der Waals surface area contributed by atoms with Gasteiger partial charge < -0.3 is 10.2 Å². The first-order valence-corrected chi connectivity index (χ1v) is 4.03. The third-order valence-electron chi connectivity index (χ3n) is 1.62. The van der Waals surface area contributed by atoms with Crippen LogP contribution in [0.1, 0.15) is 11.1 Å². The minimum atomic E-state index is -0.0428. The highest BCUT2D eigenvalue weighted by Gasteiger charge is 2.03. The van der Waals surface area contributed by atoms with Crippen LogP contribution in [-0.4, -0.2) is 10.2 Å². The van der Waals surface area contributed by atoms with Gasteiger partial charge in [0.05, 0.1) is 6.61 Å². The van der Waals surface area contributed by atoms with Crippen molar-refractivity contribution in [3.63, 3.8) is 0 Å². The number of hydrogen-bond acceptors (Lipinski definition) is 2. The Balaban J connectivity index is 3.24. The second-order valence-corrected chi connectivity index (χ2v) is 3.28. The molecular weight excluding hydrogens is 208 g/mol. The molecule has 0 saturated carbocycles. The molecule has 1 aromatic carbocycles. The number of phenolic OH excluding ortho intramolecular Hbond substituents is 1. The number of rotatable bonds is 1. The maximum Gasteiger partial charge on any atom is 0.119 e. The van der Waals surface area contributed by atoms with E-state index < -0.39 is 0 Å². The van der Waals surface area contributed by atoms with Gasteiger partial charge in [-0.25, -0.2) is 0 Å². The van der Waals surface area contributed by atoms with Crippen molar-refractivity contribution in [1.29, 1.82) is 0 Å². The predicted molar refractivity (Wildman–Crippen MR) is 46.5 cm³/mol. The van der Waals surface area contributed by atoms with E-state index in [1.54, 1.807) is 19.1 Å². The molecule has 1 rings (SSSR count). The van der Waals surface area contributed by atoms with Crippen molar-refractivity contribution < 1.29 is 10.2 Å². The maximum absolute atomic E-state index is 9.27. The molecule has 60 valence electrons. The molecule has 2 N–H and O–H groups in total. The fourth-order valence-electron chi connectivity index (χ4n) is 0.884. The molecule has 0 fully saturated rings. The van der Waals surface area contributed by atoms with Gasteiger partial charge in [0.25, 0.3) is 0 Å². The average Bonchev–Trinajstić information content (AvgIpc) is 1.96. The summed E-state index contributed by atoms with van der Waals surface area (Å²) in [5.41, 5.74) is 1.48. The third-order valence-corrected chi connectivity index (χ3v) is 2.08. The molecule has 0 aliphatic rings. The lowest BCUT2D eigenvalue weighted by molar-refractivity contribution is 0.280. The van der Waals surface area contributed by atoms with Crippen LogP contribution in [0, 0.1) is 6.92 Å². The second kappa shape index (κ2) is 3.24. The Hall–Kier alpha value is -0.540. The van der Waals surface area contributed by atoms with Crippen molar-refractivity contribution in [2.75, 3.05) is 0 Å². The van der Waals surface area contributed by atoms with E-state index >= 15 is 0 Å². The molecule has 11 heavy (non-hydrogen) atoms. The molecule has 0 atom stereocenters. The molecule has 0 unspecified atom stereocenters. The van der Waals surface area contributed by atoms with Crippen LogP contribution in [0.2, 0.25) is 0 Å². The number of benzene rings is 1. The van der Waals surface area contributed by atoms with Crippen molar-refractivity contribution in [3.05, 3.63) is 27.7 Å². The monoisotopic (exact) mass is 216 g/mol. The first-order chi connectivity index (χ1) is 5.15. The van der Waals surface area contributed by atoms with Gasteiger partial charge in [0, 0.05) is 4.47 Å². The van der Waals surface area contributed by atoms with Crippen LogP contribution >= 0.6 is 15.9 Å². The van der Waals surface area contributed by atoms with Gasteiger partial charge in [-0.1, -0.05) is 15.9 Å². The fourth-order valence-corrected chi connectivity index (χ4v) is 1.38. The standard InChI is InChI=1S/C8H9BrO2/c1-5-6(4-10)2-7(9)3-8(5)11/h2-3,10-11H,4H2,1H3. The Bertz CT molecular complexity index is 271. The van der Waals surface area contributed by atoms with Crippen LogP contribution < -0.4 is 0 Å². The van der Waals surface area contributed by atoms with Gasteiger partial charge in [0.1, 0.15) is 5.75 Å². The van der Waals surface area contributed by atoms with Crippen molar-refractivity contribution in [2.45, 2.75) is 13.5 Å². The van der Waals surface area contributed by atoms with E-state index in [1.165, 1.54) is 0 Å². The van der Waals surface area contributed by atoms with E-state index in [0.29, 0.717) is 0 Å². The van der Waals surface area contributed by atoms with Crippen LogP contribution in [0.15, 0.2) is 16.6 Å². The first kappa shape index (κ1) is 8.56. The lowest BCUT2D eigenvalue weighted by Gasteiger charge is -2.04. The zero-order chi connectivity index (χ0) is 8.43. The zero-order valence-corrected chi connectivity index (χ0v) is 7.72. The molecule has 0 spiro atoms. The molecule has 2 nitrogen and oxygen atoms in total. The Morgan fingerprint density at radius 2 is 2.09 bits per heavy atom. The minimum Gasteiger partial charge on any atom is -0.508 e. The molecule has 0 aliphatic heterocycles. The molecule has 0 radical (unpaired) electrons. The summed E-state index contributed by atoms with van der Waals surface area (Å²) in [6, 6.07) is 3.39.